The Morgan fingerprint density at radius 3 is 2.33 bits per heavy atom. The number of aliphatic carboxylic acids is 1. The average molecular weight is 604 g/mol. The minimum Gasteiger partial charge on any atom is -0.480 e. The number of rotatable bonds is 9. The fourth-order valence-electron chi connectivity index (χ4n) is 4.39. The van der Waals surface area contributed by atoms with Crippen LogP contribution in [-0.4, -0.2) is 41.5 Å². The molecule has 5 N–H and O–H groups in total. The number of carbonyl (C=O) groups is 4. The summed E-state index contributed by atoms with van der Waals surface area (Å²) < 4.78 is 0. The zero-order valence-electron chi connectivity index (χ0n) is 21.0. The van der Waals surface area contributed by atoms with E-state index < -0.39 is 29.9 Å². The molecule has 1 aliphatic carbocycles. The maximum Gasteiger partial charge on any atom is 0.328 e. The van der Waals surface area contributed by atoms with Crippen LogP contribution in [0, 0.1) is 0 Å². The largest absolute Gasteiger partial charge is 0.480 e. The molecule has 1 aliphatic rings. The van der Waals surface area contributed by atoms with Crippen LogP contribution >= 0.6 is 34.8 Å². The summed E-state index contributed by atoms with van der Waals surface area (Å²) in [5.74, 6) is -2.73. The molecule has 208 valence electrons. The lowest BCUT2D eigenvalue weighted by Crippen LogP contribution is -2.50. The molecule has 0 radical (unpaired) electrons. The third-order valence-electron chi connectivity index (χ3n) is 6.38. The first-order valence-electron chi connectivity index (χ1n) is 12.3. The molecular weight excluding hydrogens is 579 g/mol. The molecule has 0 spiro atoms. The van der Waals surface area contributed by atoms with Crippen molar-refractivity contribution in [3.8, 4) is 0 Å². The molecule has 9 nitrogen and oxygen atoms in total. The third kappa shape index (κ3) is 7.24. The number of amides is 4. The van der Waals surface area contributed by atoms with Crippen LogP contribution in [0.25, 0.3) is 0 Å². The average Bonchev–Trinajstić information content (AvgIpc) is 3.31. The number of hydrogen-bond acceptors (Lipinski definition) is 4. The molecule has 4 amide bonds. The van der Waals surface area contributed by atoms with E-state index >= 15 is 0 Å². The summed E-state index contributed by atoms with van der Waals surface area (Å²) in [5, 5.41) is 20.2. The van der Waals surface area contributed by atoms with E-state index in [9.17, 15) is 24.3 Å². The smallest absolute Gasteiger partial charge is 0.328 e. The van der Waals surface area contributed by atoms with E-state index in [4.69, 9.17) is 34.8 Å². The Kier molecular flexibility index (Phi) is 9.52. The van der Waals surface area contributed by atoms with Crippen LogP contribution in [-0.2, 0) is 17.8 Å². The first-order valence-corrected chi connectivity index (χ1v) is 13.4. The van der Waals surface area contributed by atoms with Gasteiger partial charge in [0.15, 0.2) is 0 Å². The van der Waals surface area contributed by atoms with Crippen LogP contribution in [0.2, 0.25) is 15.1 Å². The summed E-state index contributed by atoms with van der Waals surface area (Å²) in [6, 6.07) is 15.0. The molecule has 4 rings (SSSR count). The zero-order chi connectivity index (χ0) is 28.8. The van der Waals surface area contributed by atoms with Crippen LogP contribution in [0.3, 0.4) is 0 Å². The summed E-state index contributed by atoms with van der Waals surface area (Å²) in [7, 11) is 0. The second-order valence-electron chi connectivity index (χ2n) is 9.14. The highest BCUT2D eigenvalue weighted by Crippen LogP contribution is 2.30. The monoisotopic (exact) mass is 602 g/mol. The summed E-state index contributed by atoms with van der Waals surface area (Å²) in [5.41, 5.74) is 2.86. The van der Waals surface area contributed by atoms with E-state index in [1.165, 1.54) is 12.1 Å². The molecule has 0 bridgehead atoms. The number of carbonyl (C=O) groups excluding carboxylic acids is 3. The lowest BCUT2D eigenvalue weighted by Gasteiger charge is -2.19. The van der Waals surface area contributed by atoms with Crippen molar-refractivity contribution in [1.29, 1.82) is 0 Å². The number of benzene rings is 3. The van der Waals surface area contributed by atoms with E-state index in [2.05, 4.69) is 21.3 Å². The van der Waals surface area contributed by atoms with E-state index in [0.717, 1.165) is 29.5 Å². The summed E-state index contributed by atoms with van der Waals surface area (Å²) in [6.07, 6.45) is 1.57. The number of carboxylic acids is 1. The summed E-state index contributed by atoms with van der Waals surface area (Å²) >= 11 is 18.5. The highest BCUT2D eigenvalue weighted by atomic mass is 35.5. The van der Waals surface area contributed by atoms with Crippen LogP contribution in [0.4, 0.5) is 4.79 Å². The second-order valence-corrected chi connectivity index (χ2v) is 10.4. The van der Waals surface area contributed by atoms with Crippen molar-refractivity contribution in [2.45, 2.75) is 31.5 Å². The molecule has 12 heteroatoms. The Balaban J connectivity index is 1.35. The Morgan fingerprint density at radius 2 is 1.62 bits per heavy atom. The van der Waals surface area contributed by atoms with Crippen LogP contribution in [0.1, 0.15) is 49.9 Å². The fraction of sp³-hybridized carbons (Fsp3) is 0.214. The lowest BCUT2D eigenvalue weighted by atomic mass is 10.1. The molecule has 2 atom stereocenters. The lowest BCUT2D eigenvalue weighted by molar-refractivity contribution is -0.139. The minimum atomic E-state index is -1.47. The Bertz CT molecular complexity index is 1440. The van der Waals surface area contributed by atoms with Gasteiger partial charge >= 0.3 is 12.0 Å². The molecule has 0 aromatic heterocycles. The van der Waals surface area contributed by atoms with Crippen LogP contribution < -0.4 is 21.3 Å². The van der Waals surface area contributed by atoms with Gasteiger partial charge in [0.05, 0.1) is 28.2 Å². The van der Waals surface area contributed by atoms with Crippen molar-refractivity contribution in [3.05, 3.63) is 104 Å². The summed E-state index contributed by atoms with van der Waals surface area (Å²) in [6.45, 7) is -0.189. The van der Waals surface area contributed by atoms with Crippen LogP contribution in [0.5, 0.6) is 0 Å². The van der Waals surface area contributed by atoms with Gasteiger partial charge in [-0.3, -0.25) is 9.59 Å². The molecule has 40 heavy (non-hydrogen) atoms. The molecule has 0 aliphatic heterocycles. The fourth-order valence-corrected chi connectivity index (χ4v) is 5.27. The van der Waals surface area contributed by atoms with E-state index in [1.54, 1.807) is 24.3 Å². The maximum absolute atomic E-state index is 12.9. The standard InChI is InChI=1S/C28H25Cl3N4O5/c29-18-6-3-4-15(10-18)13-32-25(36)17-11-20(30)24(21(31)12-17)26(37)34-23(27(38)39)14-33-28(40)35-22-9-8-16-5-1-2-7-19(16)22/h1-7,10-12,22-23H,8-9,13-14H2,(H,32,36)(H,34,37)(H,38,39)(H2,33,35,40)/t22?,23-/m0/s1. The predicted octanol–water partition coefficient (Wildman–Crippen LogP) is 4.75. The predicted molar refractivity (Wildman–Crippen MR) is 152 cm³/mol. The first kappa shape index (κ1) is 29.2. The van der Waals surface area contributed by atoms with Crippen molar-refractivity contribution < 1.29 is 24.3 Å². The Labute approximate surface area is 245 Å². The molecule has 0 saturated carbocycles. The van der Waals surface area contributed by atoms with Crippen LogP contribution in [0.15, 0.2) is 60.7 Å². The molecule has 0 heterocycles. The Morgan fingerprint density at radius 1 is 0.900 bits per heavy atom. The van der Waals surface area contributed by atoms with Gasteiger partial charge in [-0.1, -0.05) is 71.2 Å². The molecular formula is C28H25Cl3N4O5. The molecule has 0 fully saturated rings. The van der Waals surface area contributed by atoms with E-state index in [-0.39, 0.29) is 40.3 Å². The van der Waals surface area contributed by atoms with Crippen molar-refractivity contribution >= 4 is 58.6 Å². The molecule has 0 saturated heterocycles. The zero-order valence-corrected chi connectivity index (χ0v) is 23.2. The number of urea groups is 1. The Hall–Kier alpha value is -3.79. The highest BCUT2D eigenvalue weighted by molar-refractivity contribution is 6.40. The third-order valence-corrected chi connectivity index (χ3v) is 7.21. The number of aryl methyl sites for hydroxylation is 1. The number of halogens is 3. The molecule has 1 unspecified atom stereocenters. The van der Waals surface area contributed by atoms with Gasteiger partial charge in [-0.05, 0) is 53.8 Å². The van der Waals surface area contributed by atoms with Crippen molar-refractivity contribution in [3.63, 3.8) is 0 Å². The van der Waals surface area contributed by atoms with Gasteiger partial charge in [0.2, 0.25) is 0 Å². The van der Waals surface area contributed by atoms with E-state index in [0.29, 0.717) is 5.02 Å². The maximum atomic E-state index is 12.9. The topological polar surface area (TPSA) is 137 Å². The van der Waals surface area contributed by atoms with Crippen molar-refractivity contribution in [2.75, 3.05) is 6.54 Å². The number of hydrogen-bond donors (Lipinski definition) is 5. The second kappa shape index (κ2) is 13.0. The number of nitrogens with one attached hydrogen (secondary N) is 4. The minimum absolute atomic E-state index is 0.107. The van der Waals surface area contributed by atoms with Gasteiger partial charge < -0.3 is 26.4 Å². The van der Waals surface area contributed by atoms with Crippen molar-refractivity contribution in [2.24, 2.45) is 0 Å². The molecule has 3 aromatic rings. The number of fused-ring (bicyclic) bond motifs is 1. The quantitative estimate of drug-likeness (QED) is 0.241. The number of carboxylic acid groups (broad SMARTS) is 1. The van der Waals surface area contributed by atoms with Gasteiger partial charge in [0, 0.05) is 17.1 Å². The van der Waals surface area contributed by atoms with Gasteiger partial charge in [0.1, 0.15) is 6.04 Å². The van der Waals surface area contributed by atoms with Crippen molar-refractivity contribution in [1.82, 2.24) is 21.3 Å². The normalized spacial score (nSPS) is 14.5. The highest BCUT2D eigenvalue weighted by Gasteiger charge is 2.27. The van der Waals surface area contributed by atoms with Gasteiger partial charge in [-0.15, -0.1) is 0 Å². The van der Waals surface area contributed by atoms with E-state index in [1.807, 2.05) is 24.3 Å². The SMILES string of the molecule is O=C(NC[C@H](NC(=O)c1c(Cl)cc(C(=O)NCc2cccc(Cl)c2)cc1Cl)C(=O)O)NC1CCc2ccccc21. The van der Waals surface area contributed by atoms with Gasteiger partial charge in [-0.2, -0.15) is 0 Å². The van der Waals surface area contributed by atoms with Gasteiger partial charge in [0.25, 0.3) is 11.8 Å². The summed E-state index contributed by atoms with van der Waals surface area (Å²) in [4.78, 5) is 49.8. The van der Waals surface area contributed by atoms with Gasteiger partial charge in [-0.25, -0.2) is 9.59 Å². The molecule has 3 aromatic carbocycles. The first-order chi connectivity index (χ1) is 19.1.